The van der Waals surface area contributed by atoms with E-state index in [1.165, 1.54) is 0 Å². The molecule has 1 fully saturated rings. The van der Waals surface area contributed by atoms with Crippen LogP contribution in [0.5, 0.6) is 0 Å². The summed E-state index contributed by atoms with van der Waals surface area (Å²) >= 11 is 6.84. The maximum absolute atomic E-state index is 12.3. The van der Waals surface area contributed by atoms with E-state index in [-0.39, 0.29) is 17.6 Å². The van der Waals surface area contributed by atoms with Gasteiger partial charge in [-0.3, -0.25) is 9.59 Å². The molecule has 1 aromatic rings. The van der Waals surface area contributed by atoms with E-state index in [1.807, 2.05) is 30.3 Å². The Balaban J connectivity index is 1.93. The van der Waals surface area contributed by atoms with E-state index < -0.39 is 3.23 Å². The Morgan fingerprint density at radius 3 is 2.67 bits per heavy atom. The molecule has 5 heteroatoms. The highest BCUT2D eigenvalue weighted by molar-refractivity contribution is 9.25. The molecule has 1 aliphatic rings. The van der Waals surface area contributed by atoms with Crippen LogP contribution in [0.3, 0.4) is 0 Å². The summed E-state index contributed by atoms with van der Waals surface area (Å²) in [5.41, 5.74) is 1.10. The summed E-state index contributed by atoms with van der Waals surface area (Å²) in [6.45, 7) is 0.578. The molecule has 1 unspecified atom stereocenters. The van der Waals surface area contributed by atoms with Crippen molar-refractivity contribution in [2.24, 2.45) is 5.92 Å². The number of Topliss-reactive ketones (excluding diaryl/α,β-unsaturated/α-hetero) is 1. The van der Waals surface area contributed by atoms with Crippen molar-refractivity contribution in [1.82, 2.24) is 4.90 Å². The molecule has 0 aromatic heterocycles. The van der Waals surface area contributed by atoms with Crippen LogP contribution in [0.1, 0.15) is 31.2 Å². The Hall–Kier alpha value is -0.680. The summed E-state index contributed by atoms with van der Waals surface area (Å²) < 4.78 is -0.638. The summed E-state index contributed by atoms with van der Waals surface area (Å²) in [6.07, 6.45) is 2.81. The van der Waals surface area contributed by atoms with Crippen molar-refractivity contribution >= 4 is 43.6 Å². The van der Waals surface area contributed by atoms with Crippen LogP contribution >= 0.6 is 31.9 Å². The number of amides is 1. The highest BCUT2D eigenvalue weighted by atomic mass is 79.9. The van der Waals surface area contributed by atoms with Crippen molar-refractivity contribution in [3.05, 3.63) is 35.9 Å². The van der Waals surface area contributed by atoms with Crippen molar-refractivity contribution in [3.8, 4) is 0 Å². The second-order valence-electron chi connectivity index (χ2n) is 5.60. The molecule has 0 saturated heterocycles. The van der Waals surface area contributed by atoms with Crippen LogP contribution in [0.2, 0.25) is 0 Å². The summed E-state index contributed by atoms with van der Waals surface area (Å²) in [5.74, 6) is -0.0756. The number of hydrogen-bond acceptors (Lipinski definition) is 2. The first-order valence-electron chi connectivity index (χ1n) is 7.10. The second-order valence-corrected chi connectivity index (χ2v) is 9.37. The van der Waals surface area contributed by atoms with Crippen LogP contribution < -0.4 is 0 Å². The standard InChI is InChI=1S/C16H19Br2NO2/c1-19(11-12-6-3-2-4-7-12)14(20)10-13-8-5-9-16(17,18)15(13)21/h2-4,6-7,13H,5,8-11H2,1H3. The fraction of sp³-hybridized carbons (Fsp3) is 0.500. The molecule has 1 saturated carbocycles. The molecule has 1 aliphatic carbocycles. The first-order valence-corrected chi connectivity index (χ1v) is 8.69. The molecule has 1 atom stereocenters. The predicted octanol–water partition coefficient (Wildman–Crippen LogP) is 3.89. The first-order chi connectivity index (χ1) is 9.90. The lowest BCUT2D eigenvalue weighted by atomic mass is 9.85. The van der Waals surface area contributed by atoms with Crippen LogP contribution in [-0.4, -0.2) is 26.9 Å². The van der Waals surface area contributed by atoms with Gasteiger partial charge in [-0.2, -0.15) is 0 Å². The van der Waals surface area contributed by atoms with Crippen LogP contribution in [0, 0.1) is 5.92 Å². The average molecular weight is 417 g/mol. The molecule has 114 valence electrons. The SMILES string of the molecule is CN(Cc1ccccc1)C(=O)CC1CCCC(Br)(Br)C1=O. The molecule has 21 heavy (non-hydrogen) atoms. The lowest BCUT2D eigenvalue weighted by Gasteiger charge is -2.31. The minimum atomic E-state index is -0.638. The molecule has 0 aliphatic heterocycles. The summed E-state index contributed by atoms with van der Waals surface area (Å²) in [4.78, 5) is 26.3. The first kappa shape index (κ1) is 16.7. The van der Waals surface area contributed by atoms with E-state index in [1.54, 1.807) is 11.9 Å². The topological polar surface area (TPSA) is 37.4 Å². The zero-order chi connectivity index (χ0) is 15.5. The second kappa shape index (κ2) is 7.05. The Labute approximate surface area is 142 Å². The monoisotopic (exact) mass is 415 g/mol. The Bertz CT molecular complexity index is 516. The van der Waals surface area contributed by atoms with Crippen LogP contribution in [-0.2, 0) is 16.1 Å². The lowest BCUT2D eigenvalue weighted by molar-refractivity contribution is -0.135. The van der Waals surface area contributed by atoms with Gasteiger partial charge < -0.3 is 4.90 Å². The van der Waals surface area contributed by atoms with E-state index >= 15 is 0 Å². The Morgan fingerprint density at radius 1 is 1.33 bits per heavy atom. The number of carbonyl (C=O) groups excluding carboxylic acids is 2. The maximum atomic E-state index is 12.3. The van der Waals surface area contributed by atoms with Crippen LogP contribution in [0.15, 0.2) is 30.3 Å². The van der Waals surface area contributed by atoms with E-state index in [2.05, 4.69) is 31.9 Å². The minimum absolute atomic E-state index is 0.0231. The Kier molecular flexibility index (Phi) is 5.60. The largest absolute Gasteiger partial charge is 0.341 e. The molecule has 0 heterocycles. The van der Waals surface area contributed by atoms with E-state index in [4.69, 9.17) is 0 Å². The number of nitrogens with zero attached hydrogens (tertiary/aromatic N) is 1. The molecule has 1 amide bonds. The average Bonchev–Trinajstić information content (AvgIpc) is 2.45. The van der Waals surface area contributed by atoms with Gasteiger partial charge in [0.1, 0.15) is 3.23 Å². The molecular formula is C16H19Br2NO2. The molecule has 1 aromatic carbocycles. The number of ketones is 1. The summed E-state index contributed by atoms with van der Waals surface area (Å²) in [7, 11) is 1.79. The van der Waals surface area contributed by atoms with Gasteiger partial charge in [-0.05, 0) is 24.8 Å². The van der Waals surface area contributed by atoms with E-state index in [9.17, 15) is 9.59 Å². The van der Waals surface area contributed by atoms with Crippen molar-refractivity contribution < 1.29 is 9.59 Å². The minimum Gasteiger partial charge on any atom is -0.341 e. The molecule has 0 spiro atoms. The quantitative estimate of drug-likeness (QED) is 0.698. The molecule has 2 rings (SSSR count). The molecular weight excluding hydrogens is 398 g/mol. The van der Waals surface area contributed by atoms with E-state index in [0.29, 0.717) is 13.0 Å². The van der Waals surface area contributed by atoms with Gasteiger partial charge in [0, 0.05) is 25.9 Å². The van der Waals surface area contributed by atoms with Gasteiger partial charge in [0.2, 0.25) is 5.91 Å². The number of hydrogen-bond donors (Lipinski definition) is 0. The normalized spacial score (nSPS) is 21.1. The molecule has 0 N–H and O–H groups in total. The Morgan fingerprint density at radius 2 is 2.00 bits per heavy atom. The van der Waals surface area contributed by atoms with Crippen LogP contribution in [0.4, 0.5) is 0 Å². The van der Waals surface area contributed by atoms with Crippen molar-refractivity contribution in [2.75, 3.05) is 7.05 Å². The van der Waals surface area contributed by atoms with Crippen molar-refractivity contribution in [3.63, 3.8) is 0 Å². The van der Waals surface area contributed by atoms with Gasteiger partial charge in [-0.25, -0.2) is 0 Å². The van der Waals surface area contributed by atoms with E-state index in [0.717, 1.165) is 24.8 Å². The smallest absolute Gasteiger partial charge is 0.223 e. The van der Waals surface area contributed by atoms with Crippen molar-refractivity contribution in [2.45, 2.75) is 35.5 Å². The molecule has 3 nitrogen and oxygen atoms in total. The van der Waals surface area contributed by atoms with Crippen LogP contribution in [0.25, 0.3) is 0 Å². The maximum Gasteiger partial charge on any atom is 0.223 e. The number of benzene rings is 1. The summed E-state index contributed by atoms with van der Waals surface area (Å²) in [5, 5.41) is 0. The highest BCUT2D eigenvalue weighted by Crippen LogP contribution is 2.41. The zero-order valence-electron chi connectivity index (χ0n) is 12.0. The van der Waals surface area contributed by atoms with Gasteiger partial charge in [-0.1, -0.05) is 62.2 Å². The van der Waals surface area contributed by atoms with Crippen molar-refractivity contribution in [1.29, 1.82) is 0 Å². The van der Waals surface area contributed by atoms with Gasteiger partial charge in [-0.15, -0.1) is 0 Å². The van der Waals surface area contributed by atoms with Gasteiger partial charge in [0.25, 0.3) is 0 Å². The summed E-state index contributed by atoms with van der Waals surface area (Å²) in [6, 6.07) is 9.87. The number of carbonyl (C=O) groups is 2. The van der Waals surface area contributed by atoms with Gasteiger partial charge in [0.05, 0.1) is 0 Å². The number of alkyl halides is 2. The highest BCUT2D eigenvalue weighted by Gasteiger charge is 2.41. The fourth-order valence-electron chi connectivity index (χ4n) is 2.63. The lowest BCUT2D eigenvalue weighted by Crippen LogP contribution is -2.39. The third-order valence-electron chi connectivity index (χ3n) is 3.88. The number of halogens is 2. The zero-order valence-corrected chi connectivity index (χ0v) is 15.2. The fourth-order valence-corrected chi connectivity index (χ4v) is 3.84. The number of rotatable bonds is 4. The molecule has 0 bridgehead atoms. The molecule has 0 radical (unpaired) electrons. The third-order valence-corrected chi connectivity index (χ3v) is 5.46. The predicted molar refractivity (Wildman–Crippen MR) is 90.5 cm³/mol. The van der Waals surface area contributed by atoms with Gasteiger partial charge in [0.15, 0.2) is 5.78 Å². The third kappa shape index (κ3) is 4.39. The van der Waals surface area contributed by atoms with Gasteiger partial charge >= 0.3 is 0 Å².